The van der Waals surface area contributed by atoms with Gasteiger partial charge in [-0.3, -0.25) is 9.69 Å². The van der Waals surface area contributed by atoms with Crippen LogP contribution >= 0.6 is 0 Å². The lowest BCUT2D eigenvalue weighted by Crippen LogP contribution is -2.56. The number of aromatic nitrogens is 2. The number of hydrogen-bond acceptors (Lipinski definition) is 8. The minimum Gasteiger partial charge on any atom is -0.444 e. The molecule has 0 aliphatic carbocycles. The normalized spacial score (nSPS) is 18.5. The Labute approximate surface area is 235 Å². The van der Waals surface area contributed by atoms with Crippen LogP contribution in [0.2, 0.25) is 0 Å². The van der Waals surface area contributed by atoms with E-state index in [0.717, 1.165) is 6.42 Å². The third kappa shape index (κ3) is 8.55. The fourth-order valence-corrected chi connectivity index (χ4v) is 4.19. The number of β-amino-alcohol motifs (C(OH)–C–C–N with tert-alkyl or cyclic N) is 1. The highest BCUT2D eigenvalue weighted by Gasteiger charge is 2.50. The van der Waals surface area contributed by atoms with Gasteiger partial charge in [-0.15, -0.1) is 0 Å². The van der Waals surface area contributed by atoms with Gasteiger partial charge in [0.05, 0.1) is 24.4 Å². The number of likely N-dealkylation sites (tertiary alicyclic amines) is 1. The highest BCUT2D eigenvalue weighted by molar-refractivity contribution is 5.90. The predicted octanol–water partition coefficient (Wildman–Crippen LogP) is 4.19. The summed E-state index contributed by atoms with van der Waals surface area (Å²) in [6.45, 7) is 10.0. The first-order valence-corrected chi connectivity index (χ1v) is 13.5. The van der Waals surface area contributed by atoms with Gasteiger partial charge in [0, 0.05) is 31.6 Å². The molecule has 2 atom stereocenters. The van der Waals surface area contributed by atoms with Crippen LogP contribution in [0.15, 0.2) is 30.5 Å². The van der Waals surface area contributed by atoms with Crippen molar-refractivity contribution in [2.45, 2.75) is 77.5 Å². The van der Waals surface area contributed by atoms with Crippen molar-refractivity contribution in [1.29, 1.82) is 0 Å². The van der Waals surface area contributed by atoms with E-state index in [1.807, 2.05) is 6.92 Å². The molecule has 2 heterocycles. The van der Waals surface area contributed by atoms with E-state index >= 15 is 0 Å². The number of benzene rings is 1. The molecule has 0 spiro atoms. The summed E-state index contributed by atoms with van der Waals surface area (Å²) in [6, 6.07) is 6.05. The van der Waals surface area contributed by atoms with Crippen molar-refractivity contribution in [2.24, 2.45) is 0 Å². The minimum atomic E-state index is -1.20. The molecule has 1 fully saturated rings. The van der Waals surface area contributed by atoms with Crippen molar-refractivity contribution in [3.05, 3.63) is 41.8 Å². The Kier molecular flexibility index (Phi) is 10.3. The first kappa shape index (κ1) is 30.6. The fourth-order valence-electron chi connectivity index (χ4n) is 4.19. The predicted molar refractivity (Wildman–Crippen MR) is 152 cm³/mol. The van der Waals surface area contributed by atoms with Crippen molar-refractivity contribution < 1.29 is 23.8 Å². The molecular weight excluding hydrogens is 515 g/mol. The molecular formula is C29H39FN6O4. The van der Waals surface area contributed by atoms with E-state index in [2.05, 4.69) is 37.8 Å². The molecule has 11 heteroatoms. The lowest BCUT2D eigenvalue weighted by atomic mass is 9.97. The molecule has 10 nitrogen and oxygen atoms in total. The van der Waals surface area contributed by atoms with Crippen LogP contribution in [0, 0.1) is 17.7 Å². The van der Waals surface area contributed by atoms with Gasteiger partial charge in [0.15, 0.2) is 0 Å². The number of carbonyl (C=O) groups is 2. The van der Waals surface area contributed by atoms with Crippen LogP contribution in [-0.2, 0) is 9.53 Å². The van der Waals surface area contributed by atoms with E-state index in [9.17, 15) is 19.1 Å². The Morgan fingerprint density at radius 1 is 1.30 bits per heavy atom. The monoisotopic (exact) mass is 554 g/mol. The van der Waals surface area contributed by atoms with Crippen LogP contribution in [0.4, 0.5) is 26.6 Å². The largest absolute Gasteiger partial charge is 0.444 e. The summed E-state index contributed by atoms with van der Waals surface area (Å²) in [5, 5.41) is 19.3. The lowest BCUT2D eigenvalue weighted by molar-refractivity contribution is -0.131. The Hall–Kier alpha value is -3.91. The summed E-state index contributed by atoms with van der Waals surface area (Å²) in [5.41, 5.74) is -0.748. The summed E-state index contributed by atoms with van der Waals surface area (Å²) in [7, 11) is 0. The van der Waals surface area contributed by atoms with E-state index in [0.29, 0.717) is 48.9 Å². The Morgan fingerprint density at radius 2 is 2.08 bits per heavy atom. The van der Waals surface area contributed by atoms with Crippen LogP contribution < -0.4 is 16.0 Å². The van der Waals surface area contributed by atoms with Crippen LogP contribution in [0.3, 0.4) is 0 Å². The molecule has 0 bridgehead atoms. The molecule has 2 amide bonds. The number of carbonyl (C=O) groups excluding carboxylic acids is 2. The number of hydrogen-bond donors (Lipinski definition) is 4. The molecule has 216 valence electrons. The second-order valence-electron chi connectivity index (χ2n) is 10.9. The number of anilines is 3. The number of amides is 2. The molecule has 1 aromatic carbocycles. The number of unbranched alkanes of at least 4 members (excludes halogenated alkanes) is 1. The molecule has 1 aliphatic heterocycles. The maximum Gasteiger partial charge on any atom is 0.411 e. The van der Waals surface area contributed by atoms with E-state index < -0.39 is 23.3 Å². The molecule has 0 radical (unpaired) electrons. The van der Waals surface area contributed by atoms with Gasteiger partial charge in [0.2, 0.25) is 11.9 Å². The van der Waals surface area contributed by atoms with Crippen LogP contribution in [0.25, 0.3) is 0 Å². The van der Waals surface area contributed by atoms with Gasteiger partial charge in [0.1, 0.15) is 22.8 Å². The fraction of sp³-hybridized carbons (Fsp3) is 0.517. The standard InChI is InChI=1S/C29H39FN6O4/c1-6-14-31-24-20(18-33-26(35-24)34-22-13-10-12-21(30)16-22)11-8-7-9-15-32-25(38)29(5)17-23(37)19-36(29)27(39)40-28(2,3)4/h10,12-13,16,18,23,37H,6-7,9,14-15,17,19H2,1-5H3,(H,32,38)(H2,31,33,34,35)/t23-,29+/m1/s1. The minimum absolute atomic E-state index is 0.0390. The van der Waals surface area contributed by atoms with Crippen molar-refractivity contribution in [2.75, 3.05) is 30.3 Å². The molecule has 0 saturated carbocycles. The van der Waals surface area contributed by atoms with Gasteiger partial charge in [-0.2, -0.15) is 4.98 Å². The van der Waals surface area contributed by atoms with Crippen molar-refractivity contribution in [1.82, 2.24) is 20.2 Å². The first-order valence-electron chi connectivity index (χ1n) is 13.5. The Balaban J connectivity index is 1.56. The molecule has 4 N–H and O–H groups in total. The molecule has 0 unspecified atom stereocenters. The zero-order chi connectivity index (χ0) is 29.3. The molecule has 3 rings (SSSR count). The Bertz CT molecular complexity index is 1260. The van der Waals surface area contributed by atoms with Gasteiger partial charge in [0.25, 0.3) is 0 Å². The van der Waals surface area contributed by atoms with Gasteiger partial charge in [-0.05, 0) is 58.7 Å². The summed E-state index contributed by atoms with van der Waals surface area (Å²) in [4.78, 5) is 35.8. The molecule has 2 aromatic rings. The van der Waals surface area contributed by atoms with Gasteiger partial charge in [-0.1, -0.05) is 24.8 Å². The summed E-state index contributed by atoms with van der Waals surface area (Å²) in [5.74, 6) is 6.37. The van der Waals surface area contributed by atoms with Crippen molar-refractivity contribution in [3.63, 3.8) is 0 Å². The summed E-state index contributed by atoms with van der Waals surface area (Å²) < 4.78 is 18.9. The average Bonchev–Trinajstić information content (AvgIpc) is 3.20. The number of aliphatic hydroxyl groups is 1. The number of halogens is 1. The number of nitrogens with one attached hydrogen (secondary N) is 3. The average molecular weight is 555 g/mol. The topological polar surface area (TPSA) is 129 Å². The molecule has 1 aromatic heterocycles. The zero-order valence-corrected chi connectivity index (χ0v) is 23.8. The number of ether oxygens (including phenoxy) is 1. The number of nitrogens with zero attached hydrogens (tertiary/aromatic N) is 3. The van der Waals surface area contributed by atoms with Gasteiger partial charge >= 0.3 is 6.09 Å². The maximum atomic E-state index is 13.5. The lowest BCUT2D eigenvalue weighted by Gasteiger charge is -2.34. The van der Waals surface area contributed by atoms with Gasteiger partial charge in [-0.25, -0.2) is 14.2 Å². The van der Waals surface area contributed by atoms with E-state index in [1.165, 1.54) is 17.0 Å². The van der Waals surface area contributed by atoms with Crippen LogP contribution in [0.1, 0.15) is 65.9 Å². The maximum absolute atomic E-state index is 13.5. The number of rotatable bonds is 9. The smallest absolute Gasteiger partial charge is 0.411 e. The van der Waals surface area contributed by atoms with E-state index in [4.69, 9.17) is 4.74 Å². The van der Waals surface area contributed by atoms with Crippen LogP contribution in [-0.4, -0.2) is 68.9 Å². The summed E-state index contributed by atoms with van der Waals surface area (Å²) in [6.07, 6.45) is 2.30. The molecule has 40 heavy (non-hydrogen) atoms. The van der Waals surface area contributed by atoms with Gasteiger partial charge < -0.3 is 25.8 Å². The third-order valence-corrected chi connectivity index (χ3v) is 6.12. The summed E-state index contributed by atoms with van der Waals surface area (Å²) >= 11 is 0. The highest BCUT2D eigenvalue weighted by Crippen LogP contribution is 2.31. The van der Waals surface area contributed by atoms with Crippen molar-refractivity contribution >= 4 is 29.5 Å². The van der Waals surface area contributed by atoms with Crippen molar-refractivity contribution in [3.8, 4) is 11.8 Å². The zero-order valence-electron chi connectivity index (χ0n) is 23.8. The first-order chi connectivity index (χ1) is 18.9. The third-order valence-electron chi connectivity index (χ3n) is 6.12. The number of aliphatic hydroxyl groups excluding tert-OH is 1. The molecule has 1 saturated heterocycles. The quantitative estimate of drug-likeness (QED) is 0.268. The van der Waals surface area contributed by atoms with E-state index in [-0.39, 0.29) is 24.7 Å². The molecule has 1 aliphatic rings. The van der Waals surface area contributed by atoms with Crippen LogP contribution in [0.5, 0.6) is 0 Å². The second-order valence-corrected chi connectivity index (χ2v) is 10.9. The second kappa shape index (κ2) is 13.4. The highest BCUT2D eigenvalue weighted by atomic mass is 19.1. The SMILES string of the molecule is CCCNc1nc(Nc2cccc(F)c2)ncc1C#CCCCNC(=O)[C@]1(C)C[C@@H](O)CN1C(=O)OC(C)(C)C. The Morgan fingerprint density at radius 3 is 2.77 bits per heavy atom. The van der Waals surface area contributed by atoms with E-state index in [1.54, 1.807) is 46.0 Å².